The molecule has 0 aliphatic carbocycles. The Bertz CT molecular complexity index is 283. The maximum atomic E-state index is 13.8. The van der Waals surface area contributed by atoms with E-state index >= 15 is 0 Å². The first-order valence-corrected chi connectivity index (χ1v) is 5.30. The van der Waals surface area contributed by atoms with E-state index in [1.807, 2.05) is 0 Å². The van der Waals surface area contributed by atoms with E-state index in [0.29, 0.717) is 0 Å². The van der Waals surface area contributed by atoms with Gasteiger partial charge in [-0.1, -0.05) is 20.8 Å². The molecule has 3 nitrogen and oxygen atoms in total. The van der Waals surface area contributed by atoms with Gasteiger partial charge in [-0.3, -0.25) is 4.79 Å². The van der Waals surface area contributed by atoms with Gasteiger partial charge in [0.1, 0.15) is 12.0 Å². The number of rotatable bonds is 2. The van der Waals surface area contributed by atoms with Crippen molar-refractivity contribution in [2.24, 2.45) is 10.8 Å². The van der Waals surface area contributed by atoms with Crippen molar-refractivity contribution >= 4 is 5.97 Å². The van der Waals surface area contributed by atoms with E-state index in [9.17, 15) is 13.6 Å². The quantitative estimate of drug-likeness (QED) is 0.801. The maximum Gasteiger partial charge on any atom is 0.315 e. The molecule has 1 aliphatic rings. The number of carboxylic acids is 1. The zero-order valence-electron chi connectivity index (χ0n) is 9.85. The first-order chi connectivity index (χ1) is 7.11. The highest BCUT2D eigenvalue weighted by Crippen LogP contribution is 2.50. The molecule has 0 aromatic carbocycles. The van der Waals surface area contributed by atoms with E-state index in [4.69, 9.17) is 9.84 Å². The molecule has 1 atom stereocenters. The van der Waals surface area contributed by atoms with Crippen LogP contribution >= 0.6 is 0 Å². The van der Waals surface area contributed by atoms with Gasteiger partial charge >= 0.3 is 5.97 Å². The second-order valence-electron chi connectivity index (χ2n) is 5.63. The van der Waals surface area contributed by atoms with E-state index in [-0.39, 0.29) is 19.4 Å². The smallest absolute Gasteiger partial charge is 0.315 e. The van der Waals surface area contributed by atoms with Gasteiger partial charge in [-0.2, -0.15) is 0 Å². The van der Waals surface area contributed by atoms with Crippen LogP contribution in [-0.2, 0) is 9.53 Å². The number of alkyl halides is 2. The summed E-state index contributed by atoms with van der Waals surface area (Å²) >= 11 is 0. The molecule has 1 heterocycles. The van der Waals surface area contributed by atoms with E-state index < -0.39 is 29.3 Å². The molecule has 16 heavy (non-hydrogen) atoms. The number of hydrogen-bond acceptors (Lipinski definition) is 2. The summed E-state index contributed by atoms with van der Waals surface area (Å²) < 4.78 is 32.3. The molecule has 1 fully saturated rings. The summed E-state index contributed by atoms with van der Waals surface area (Å²) in [6, 6.07) is 0. The summed E-state index contributed by atoms with van der Waals surface area (Å²) in [5, 5.41) is 9.15. The first-order valence-electron chi connectivity index (χ1n) is 5.30. The molecule has 1 N–H and O–H groups in total. The van der Waals surface area contributed by atoms with E-state index in [1.165, 1.54) is 0 Å². The highest BCUT2D eigenvalue weighted by atomic mass is 19.3. The van der Waals surface area contributed by atoms with Gasteiger partial charge in [-0.15, -0.1) is 0 Å². The summed E-state index contributed by atoms with van der Waals surface area (Å²) in [7, 11) is 0. The van der Waals surface area contributed by atoms with Crippen molar-refractivity contribution in [1.82, 2.24) is 0 Å². The number of carbonyl (C=O) groups is 1. The molecule has 0 radical (unpaired) electrons. The van der Waals surface area contributed by atoms with Gasteiger partial charge < -0.3 is 9.84 Å². The van der Waals surface area contributed by atoms with Crippen LogP contribution < -0.4 is 0 Å². The zero-order chi connectivity index (χ0) is 12.6. The Morgan fingerprint density at radius 3 is 2.38 bits per heavy atom. The van der Waals surface area contributed by atoms with Crippen molar-refractivity contribution in [2.45, 2.75) is 39.5 Å². The number of aliphatic carboxylic acids is 1. The second kappa shape index (κ2) is 3.95. The summed E-state index contributed by atoms with van der Waals surface area (Å²) in [5.74, 6) is -4.72. The van der Waals surface area contributed by atoms with Crippen LogP contribution in [0, 0.1) is 10.8 Å². The highest BCUT2D eigenvalue weighted by Gasteiger charge is 2.61. The third-order valence-corrected chi connectivity index (χ3v) is 2.90. The molecule has 1 saturated heterocycles. The molecule has 1 rings (SSSR count). The zero-order valence-corrected chi connectivity index (χ0v) is 9.85. The van der Waals surface area contributed by atoms with Crippen molar-refractivity contribution in [1.29, 1.82) is 0 Å². The molecular weight excluding hydrogens is 218 g/mol. The van der Waals surface area contributed by atoms with Crippen LogP contribution in [0.5, 0.6) is 0 Å². The lowest BCUT2D eigenvalue weighted by molar-refractivity contribution is -0.225. The summed E-state index contributed by atoms with van der Waals surface area (Å²) in [4.78, 5) is 11.2. The number of carboxylic acid groups (broad SMARTS) is 1. The van der Waals surface area contributed by atoms with Gasteiger partial charge in [-0.25, -0.2) is 8.78 Å². The summed E-state index contributed by atoms with van der Waals surface area (Å²) in [6.45, 7) is 4.59. The third kappa shape index (κ3) is 2.34. The average molecular weight is 236 g/mol. The van der Waals surface area contributed by atoms with E-state index in [1.54, 1.807) is 20.8 Å². The molecule has 0 bridgehead atoms. The van der Waals surface area contributed by atoms with Crippen molar-refractivity contribution in [3.05, 3.63) is 0 Å². The predicted octanol–water partition coefficient (Wildman–Crippen LogP) is 2.55. The molecule has 0 aromatic rings. The predicted molar refractivity (Wildman–Crippen MR) is 54.5 cm³/mol. The Morgan fingerprint density at radius 1 is 1.44 bits per heavy atom. The number of hydrogen-bond donors (Lipinski definition) is 1. The second-order valence-corrected chi connectivity index (χ2v) is 5.63. The molecule has 0 amide bonds. The van der Waals surface area contributed by atoms with Crippen LogP contribution in [0.4, 0.5) is 8.78 Å². The lowest BCUT2D eigenvalue weighted by Gasteiger charge is -2.43. The molecule has 1 unspecified atom stereocenters. The molecule has 5 heteroatoms. The standard InChI is InChI=1S/C11H18F2O3/c1-9(2,3)6-10(8(14)15)4-5-16-7-11(10,12)13/h4-7H2,1-3H3,(H,14,15). The van der Waals surface area contributed by atoms with Crippen LogP contribution in [0.3, 0.4) is 0 Å². The SMILES string of the molecule is CC(C)(C)CC1(C(=O)O)CCOCC1(F)F. The summed E-state index contributed by atoms with van der Waals surface area (Å²) in [6.07, 6.45) is -0.182. The number of halogens is 2. The van der Waals surface area contributed by atoms with Gasteiger partial charge in [0, 0.05) is 6.61 Å². The topological polar surface area (TPSA) is 46.5 Å². The highest BCUT2D eigenvalue weighted by molar-refractivity contribution is 5.76. The van der Waals surface area contributed by atoms with E-state index in [2.05, 4.69) is 0 Å². The largest absolute Gasteiger partial charge is 0.481 e. The van der Waals surface area contributed by atoms with Crippen molar-refractivity contribution in [3.63, 3.8) is 0 Å². The van der Waals surface area contributed by atoms with Crippen molar-refractivity contribution in [2.75, 3.05) is 13.2 Å². The molecular formula is C11H18F2O3. The Hall–Kier alpha value is -0.710. The Kier molecular flexibility index (Phi) is 3.29. The van der Waals surface area contributed by atoms with Gasteiger partial charge in [0.2, 0.25) is 0 Å². The van der Waals surface area contributed by atoms with Gasteiger partial charge in [0.25, 0.3) is 5.92 Å². The molecule has 0 spiro atoms. The van der Waals surface area contributed by atoms with E-state index in [0.717, 1.165) is 0 Å². The minimum Gasteiger partial charge on any atom is -0.481 e. The van der Waals surface area contributed by atoms with Crippen LogP contribution in [0.15, 0.2) is 0 Å². The molecule has 0 aromatic heterocycles. The van der Waals surface area contributed by atoms with Crippen LogP contribution in [0.1, 0.15) is 33.6 Å². The minimum absolute atomic E-state index is 0.0499. The normalized spacial score (nSPS) is 30.1. The molecule has 0 saturated carbocycles. The Balaban J connectivity index is 3.08. The summed E-state index contributed by atoms with van der Waals surface area (Å²) in [5.41, 5.74) is -2.44. The minimum atomic E-state index is -3.30. The Labute approximate surface area is 93.8 Å². The van der Waals surface area contributed by atoms with Crippen LogP contribution in [0.2, 0.25) is 0 Å². The molecule has 1 aliphatic heterocycles. The fourth-order valence-electron chi connectivity index (χ4n) is 2.23. The van der Waals surface area contributed by atoms with Gasteiger partial charge in [-0.05, 0) is 18.3 Å². The lowest BCUT2D eigenvalue weighted by Crippen LogP contribution is -2.55. The van der Waals surface area contributed by atoms with Crippen LogP contribution in [-0.4, -0.2) is 30.2 Å². The maximum absolute atomic E-state index is 13.8. The van der Waals surface area contributed by atoms with Gasteiger partial charge in [0.05, 0.1) is 0 Å². The van der Waals surface area contributed by atoms with Crippen molar-refractivity contribution < 1.29 is 23.4 Å². The first kappa shape index (κ1) is 13.4. The number of ether oxygens (including phenoxy) is 1. The fourth-order valence-corrected chi connectivity index (χ4v) is 2.23. The fraction of sp³-hybridized carbons (Fsp3) is 0.909. The third-order valence-electron chi connectivity index (χ3n) is 2.90. The van der Waals surface area contributed by atoms with Gasteiger partial charge in [0.15, 0.2) is 0 Å². The lowest BCUT2D eigenvalue weighted by atomic mass is 9.67. The van der Waals surface area contributed by atoms with Crippen LogP contribution in [0.25, 0.3) is 0 Å². The van der Waals surface area contributed by atoms with Crippen molar-refractivity contribution in [3.8, 4) is 0 Å². The average Bonchev–Trinajstić information content (AvgIpc) is 2.06. The monoisotopic (exact) mass is 236 g/mol. The Morgan fingerprint density at radius 2 is 2.00 bits per heavy atom. The molecule has 94 valence electrons.